The molecule has 1 aliphatic rings. The van der Waals surface area contributed by atoms with Crippen LogP contribution in [-0.4, -0.2) is 38.1 Å². The zero-order chi connectivity index (χ0) is 16.8. The summed E-state index contributed by atoms with van der Waals surface area (Å²) < 4.78 is 16.0. The smallest absolute Gasteiger partial charge is 0.196 e. The van der Waals surface area contributed by atoms with E-state index in [0.29, 0.717) is 17.3 Å². The number of ether oxygens (including phenoxy) is 3. The lowest BCUT2D eigenvalue weighted by Gasteiger charge is -2.26. The minimum absolute atomic E-state index is 0.199. The van der Waals surface area contributed by atoms with Gasteiger partial charge in [-0.25, -0.2) is 5.43 Å². The number of nitrogens with zero attached hydrogens (tertiary/aromatic N) is 1. The van der Waals surface area contributed by atoms with Crippen LogP contribution < -0.4 is 5.43 Å². The normalized spacial score (nSPS) is 19.5. The molecular weight excluding hydrogens is 316 g/mol. The van der Waals surface area contributed by atoms with Crippen LogP contribution >= 0.6 is 11.6 Å². The van der Waals surface area contributed by atoms with Gasteiger partial charge in [0.2, 0.25) is 0 Å². The zero-order valence-electron chi connectivity index (χ0n) is 13.9. The quantitative estimate of drug-likeness (QED) is 0.610. The van der Waals surface area contributed by atoms with Crippen LogP contribution in [0.5, 0.6) is 0 Å². The van der Waals surface area contributed by atoms with E-state index >= 15 is 0 Å². The van der Waals surface area contributed by atoms with Crippen LogP contribution in [0.3, 0.4) is 0 Å². The number of methoxy groups -OCH3 is 2. The van der Waals surface area contributed by atoms with Crippen molar-refractivity contribution in [2.24, 2.45) is 0 Å². The van der Waals surface area contributed by atoms with Crippen molar-refractivity contribution < 1.29 is 14.2 Å². The standard InChI is InChI=1S/C17H23ClN2O3/c1-12-9-17(15-7-5-6-8-16(15)18)20(19-12)10-14(11-21-3)23-13(2)22-4/h5-9,11-13,19H,10H2,1-4H3/b14-11-. The van der Waals surface area contributed by atoms with Crippen molar-refractivity contribution in [2.45, 2.75) is 26.2 Å². The highest BCUT2D eigenvalue weighted by atomic mass is 35.5. The van der Waals surface area contributed by atoms with Crippen molar-refractivity contribution in [1.82, 2.24) is 10.4 Å². The molecule has 1 heterocycles. The lowest BCUT2D eigenvalue weighted by molar-refractivity contribution is -0.0860. The molecule has 0 spiro atoms. The van der Waals surface area contributed by atoms with E-state index in [1.54, 1.807) is 20.5 Å². The number of hydrogen-bond acceptors (Lipinski definition) is 5. The van der Waals surface area contributed by atoms with Gasteiger partial charge in [0.25, 0.3) is 0 Å². The zero-order valence-corrected chi connectivity index (χ0v) is 14.6. The number of rotatable bonds is 7. The van der Waals surface area contributed by atoms with E-state index in [-0.39, 0.29) is 12.3 Å². The van der Waals surface area contributed by atoms with Crippen molar-refractivity contribution in [3.05, 3.63) is 52.9 Å². The first kappa shape index (κ1) is 17.7. The van der Waals surface area contributed by atoms with E-state index in [4.69, 9.17) is 25.8 Å². The molecule has 2 atom stereocenters. The molecule has 1 aromatic carbocycles. The second-order valence-electron chi connectivity index (χ2n) is 5.28. The molecule has 23 heavy (non-hydrogen) atoms. The first-order valence-corrected chi connectivity index (χ1v) is 7.84. The Hall–Kier alpha value is -1.69. The molecule has 126 valence electrons. The van der Waals surface area contributed by atoms with Crippen LogP contribution in [0.4, 0.5) is 0 Å². The lowest BCUT2D eigenvalue weighted by atomic mass is 10.1. The summed E-state index contributed by atoms with van der Waals surface area (Å²) in [5.41, 5.74) is 5.36. The van der Waals surface area contributed by atoms with Crippen molar-refractivity contribution in [2.75, 3.05) is 20.8 Å². The van der Waals surface area contributed by atoms with Gasteiger partial charge in [0.05, 0.1) is 19.4 Å². The van der Waals surface area contributed by atoms with Crippen LogP contribution in [0.15, 0.2) is 42.4 Å². The molecule has 0 aromatic heterocycles. The van der Waals surface area contributed by atoms with E-state index in [2.05, 4.69) is 18.4 Å². The summed E-state index contributed by atoms with van der Waals surface area (Å²) in [4.78, 5) is 0. The van der Waals surface area contributed by atoms with Gasteiger partial charge in [-0.3, -0.25) is 5.01 Å². The molecule has 2 unspecified atom stereocenters. The molecule has 5 nitrogen and oxygen atoms in total. The Kier molecular flexibility index (Phi) is 6.33. The van der Waals surface area contributed by atoms with Gasteiger partial charge in [0, 0.05) is 23.7 Å². The highest BCUT2D eigenvalue weighted by molar-refractivity contribution is 6.32. The summed E-state index contributed by atoms with van der Waals surface area (Å²) >= 11 is 6.34. The van der Waals surface area contributed by atoms with Crippen LogP contribution in [0, 0.1) is 0 Å². The van der Waals surface area contributed by atoms with E-state index in [9.17, 15) is 0 Å². The summed E-state index contributed by atoms with van der Waals surface area (Å²) in [6.07, 6.45) is 3.35. The second-order valence-corrected chi connectivity index (χ2v) is 5.68. The van der Waals surface area contributed by atoms with Gasteiger partial charge in [-0.05, 0) is 26.0 Å². The van der Waals surface area contributed by atoms with Gasteiger partial charge in [-0.1, -0.05) is 29.8 Å². The second kappa shape index (κ2) is 8.24. The van der Waals surface area contributed by atoms with Gasteiger partial charge < -0.3 is 14.2 Å². The Morgan fingerprint density at radius 3 is 2.78 bits per heavy atom. The third kappa shape index (κ3) is 4.64. The highest BCUT2D eigenvalue weighted by Gasteiger charge is 2.24. The maximum Gasteiger partial charge on any atom is 0.196 e. The monoisotopic (exact) mass is 338 g/mol. The van der Waals surface area contributed by atoms with Crippen LogP contribution in [-0.2, 0) is 14.2 Å². The Bertz CT molecular complexity index is 589. The Morgan fingerprint density at radius 2 is 2.13 bits per heavy atom. The summed E-state index contributed by atoms with van der Waals surface area (Å²) in [6.45, 7) is 4.40. The van der Waals surface area contributed by atoms with Crippen LogP contribution in [0.2, 0.25) is 5.02 Å². The largest absolute Gasteiger partial charge is 0.501 e. The Labute approximate surface area is 142 Å². The predicted octanol–water partition coefficient (Wildman–Crippen LogP) is 3.39. The molecule has 0 saturated carbocycles. The van der Waals surface area contributed by atoms with Crippen LogP contribution in [0.25, 0.3) is 5.70 Å². The maximum absolute atomic E-state index is 6.34. The van der Waals surface area contributed by atoms with Crippen molar-refractivity contribution in [1.29, 1.82) is 0 Å². The average Bonchev–Trinajstić information content (AvgIpc) is 2.88. The summed E-state index contributed by atoms with van der Waals surface area (Å²) in [5.74, 6) is 0.654. The molecule has 1 aliphatic heterocycles. The van der Waals surface area contributed by atoms with Gasteiger partial charge in [-0.2, -0.15) is 0 Å². The molecule has 0 aliphatic carbocycles. The molecule has 0 radical (unpaired) electrons. The SMILES string of the molecule is CO/C=C(/CN1NC(C)C=C1c1ccccc1Cl)OC(C)OC. The van der Waals surface area contributed by atoms with E-state index < -0.39 is 0 Å². The summed E-state index contributed by atoms with van der Waals surface area (Å²) in [5, 5.41) is 2.71. The molecule has 1 N–H and O–H groups in total. The maximum atomic E-state index is 6.34. The van der Waals surface area contributed by atoms with E-state index in [0.717, 1.165) is 11.3 Å². The molecular formula is C17H23ClN2O3. The third-order valence-electron chi connectivity index (χ3n) is 3.42. The number of halogens is 1. The third-order valence-corrected chi connectivity index (χ3v) is 3.75. The van der Waals surface area contributed by atoms with Crippen molar-refractivity contribution in [3.8, 4) is 0 Å². The molecule has 6 heteroatoms. The number of hydrazine groups is 1. The average molecular weight is 339 g/mol. The van der Waals surface area contributed by atoms with Crippen molar-refractivity contribution >= 4 is 17.3 Å². The highest BCUT2D eigenvalue weighted by Crippen LogP contribution is 2.29. The number of nitrogens with one attached hydrogen (secondary N) is 1. The predicted molar refractivity (Wildman–Crippen MR) is 91.4 cm³/mol. The van der Waals surface area contributed by atoms with E-state index in [1.165, 1.54) is 0 Å². The Morgan fingerprint density at radius 1 is 1.39 bits per heavy atom. The van der Waals surface area contributed by atoms with Crippen LogP contribution in [0.1, 0.15) is 19.4 Å². The topological polar surface area (TPSA) is 43.0 Å². The Balaban J connectivity index is 2.19. The summed E-state index contributed by atoms with van der Waals surface area (Å²) in [6, 6.07) is 7.97. The minimum Gasteiger partial charge on any atom is -0.501 e. The fourth-order valence-electron chi connectivity index (χ4n) is 2.37. The minimum atomic E-state index is -0.357. The van der Waals surface area contributed by atoms with Gasteiger partial charge in [-0.15, -0.1) is 0 Å². The molecule has 0 amide bonds. The van der Waals surface area contributed by atoms with Gasteiger partial charge in [0.1, 0.15) is 6.26 Å². The molecule has 0 fully saturated rings. The number of benzene rings is 1. The van der Waals surface area contributed by atoms with Gasteiger partial charge in [0.15, 0.2) is 12.0 Å². The fraction of sp³-hybridized carbons (Fsp3) is 0.412. The summed E-state index contributed by atoms with van der Waals surface area (Å²) in [7, 11) is 3.19. The fourth-order valence-corrected chi connectivity index (χ4v) is 2.60. The molecule has 1 aromatic rings. The van der Waals surface area contributed by atoms with Gasteiger partial charge >= 0.3 is 0 Å². The first-order chi connectivity index (χ1) is 11.0. The number of hydrogen-bond donors (Lipinski definition) is 1. The first-order valence-electron chi connectivity index (χ1n) is 7.47. The van der Waals surface area contributed by atoms with E-state index in [1.807, 2.05) is 36.2 Å². The molecule has 0 bridgehead atoms. The van der Waals surface area contributed by atoms with Crippen molar-refractivity contribution in [3.63, 3.8) is 0 Å². The molecule has 0 saturated heterocycles. The molecule has 2 rings (SSSR count). The lowest BCUT2D eigenvalue weighted by Crippen LogP contribution is -2.37.